The molecular formula is C14H18N4O2S. The van der Waals surface area contributed by atoms with Crippen molar-refractivity contribution in [2.45, 2.75) is 46.0 Å². The normalized spacial score (nSPS) is 14.4. The first-order valence-corrected chi connectivity index (χ1v) is 7.94. The SMILES string of the molecule is Cc1noc(C)c1NC(=O)Nc1nc2c(s1)CCCCC2. The summed E-state index contributed by atoms with van der Waals surface area (Å²) in [6.07, 6.45) is 5.74. The van der Waals surface area contributed by atoms with E-state index in [1.165, 1.54) is 24.1 Å². The van der Waals surface area contributed by atoms with Crippen LogP contribution in [0.1, 0.15) is 41.3 Å². The maximum Gasteiger partial charge on any atom is 0.325 e. The third-order valence-electron chi connectivity index (χ3n) is 3.59. The molecule has 1 aliphatic rings. The maximum atomic E-state index is 12.0. The zero-order valence-electron chi connectivity index (χ0n) is 12.2. The summed E-state index contributed by atoms with van der Waals surface area (Å²) >= 11 is 1.58. The van der Waals surface area contributed by atoms with Crippen LogP contribution in [0.5, 0.6) is 0 Å². The van der Waals surface area contributed by atoms with Crippen LogP contribution in [-0.4, -0.2) is 16.2 Å². The lowest BCUT2D eigenvalue weighted by Crippen LogP contribution is -2.20. The zero-order valence-corrected chi connectivity index (χ0v) is 13.0. The summed E-state index contributed by atoms with van der Waals surface area (Å²) < 4.78 is 5.02. The summed E-state index contributed by atoms with van der Waals surface area (Å²) in [4.78, 5) is 17.9. The molecule has 0 aromatic carbocycles. The number of thiazole rings is 1. The van der Waals surface area contributed by atoms with Crippen LogP contribution in [0.2, 0.25) is 0 Å². The van der Waals surface area contributed by atoms with Crippen molar-refractivity contribution in [1.29, 1.82) is 0 Å². The van der Waals surface area contributed by atoms with E-state index in [0.717, 1.165) is 18.5 Å². The Morgan fingerprint density at radius 2 is 2.00 bits per heavy atom. The first-order chi connectivity index (χ1) is 10.1. The maximum absolute atomic E-state index is 12.0. The topological polar surface area (TPSA) is 80.0 Å². The fraction of sp³-hybridized carbons (Fsp3) is 0.500. The average molecular weight is 306 g/mol. The number of nitrogens with one attached hydrogen (secondary N) is 2. The highest BCUT2D eigenvalue weighted by atomic mass is 32.1. The quantitative estimate of drug-likeness (QED) is 0.830. The summed E-state index contributed by atoms with van der Waals surface area (Å²) in [6, 6.07) is -0.312. The van der Waals surface area contributed by atoms with Gasteiger partial charge in [-0.05, 0) is 39.5 Å². The van der Waals surface area contributed by atoms with Gasteiger partial charge in [0.05, 0.1) is 5.69 Å². The van der Waals surface area contributed by atoms with Gasteiger partial charge in [0.25, 0.3) is 0 Å². The Bertz CT molecular complexity index is 619. The predicted molar refractivity (Wildman–Crippen MR) is 82.0 cm³/mol. The first-order valence-electron chi connectivity index (χ1n) is 7.13. The Balaban J connectivity index is 1.68. The number of aromatic nitrogens is 2. The number of hydrogen-bond acceptors (Lipinski definition) is 5. The molecule has 21 heavy (non-hydrogen) atoms. The van der Waals surface area contributed by atoms with Gasteiger partial charge in [-0.2, -0.15) is 0 Å². The van der Waals surface area contributed by atoms with Crippen molar-refractivity contribution < 1.29 is 9.32 Å². The molecule has 2 heterocycles. The zero-order chi connectivity index (χ0) is 14.8. The van der Waals surface area contributed by atoms with E-state index >= 15 is 0 Å². The van der Waals surface area contributed by atoms with Gasteiger partial charge in [-0.15, -0.1) is 11.3 Å². The number of nitrogens with zero attached hydrogens (tertiary/aromatic N) is 2. The Morgan fingerprint density at radius 1 is 1.19 bits per heavy atom. The van der Waals surface area contributed by atoms with E-state index in [1.54, 1.807) is 25.2 Å². The van der Waals surface area contributed by atoms with E-state index in [-0.39, 0.29) is 6.03 Å². The van der Waals surface area contributed by atoms with Crippen molar-refractivity contribution in [3.63, 3.8) is 0 Å². The molecule has 0 unspecified atom stereocenters. The largest absolute Gasteiger partial charge is 0.359 e. The molecule has 0 spiro atoms. The minimum absolute atomic E-state index is 0.312. The predicted octanol–water partition coefficient (Wildman–Crippen LogP) is 3.66. The average Bonchev–Trinajstić information content (AvgIpc) is 2.88. The first kappa shape index (κ1) is 14.1. The van der Waals surface area contributed by atoms with Gasteiger partial charge >= 0.3 is 6.03 Å². The lowest BCUT2D eigenvalue weighted by Gasteiger charge is -2.04. The van der Waals surface area contributed by atoms with E-state index in [9.17, 15) is 4.79 Å². The number of hydrogen-bond donors (Lipinski definition) is 2. The molecule has 0 bridgehead atoms. The van der Waals surface area contributed by atoms with Crippen LogP contribution in [0.25, 0.3) is 0 Å². The molecule has 0 fully saturated rings. The third-order valence-corrected chi connectivity index (χ3v) is 4.66. The molecule has 0 aliphatic heterocycles. The monoisotopic (exact) mass is 306 g/mol. The van der Waals surface area contributed by atoms with Crippen molar-refractivity contribution in [3.8, 4) is 0 Å². The molecular weight excluding hydrogens is 288 g/mol. The van der Waals surface area contributed by atoms with Crippen molar-refractivity contribution in [2.24, 2.45) is 0 Å². The van der Waals surface area contributed by atoms with E-state index in [1.807, 2.05) is 0 Å². The number of carbonyl (C=O) groups is 1. The molecule has 6 nitrogen and oxygen atoms in total. The Hall–Kier alpha value is -1.89. The van der Waals surface area contributed by atoms with Gasteiger partial charge < -0.3 is 9.84 Å². The van der Waals surface area contributed by atoms with E-state index in [4.69, 9.17) is 4.52 Å². The standard InChI is InChI=1S/C14H18N4O2S/c1-8-12(9(2)20-18-8)16-13(19)17-14-15-10-6-4-3-5-7-11(10)21-14/h3-7H2,1-2H3,(H2,15,16,17,19). The van der Waals surface area contributed by atoms with E-state index in [2.05, 4.69) is 20.8 Å². The molecule has 1 aliphatic carbocycles. The fourth-order valence-corrected chi connectivity index (χ4v) is 3.53. The number of carbonyl (C=O) groups excluding carboxylic acids is 1. The van der Waals surface area contributed by atoms with Crippen LogP contribution in [0.4, 0.5) is 15.6 Å². The summed E-state index contributed by atoms with van der Waals surface area (Å²) in [5, 5.41) is 10.0. The Labute approximate surface area is 126 Å². The lowest BCUT2D eigenvalue weighted by atomic mass is 10.2. The van der Waals surface area contributed by atoms with Gasteiger partial charge in [0.2, 0.25) is 0 Å². The Kier molecular flexibility index (Phi) is 3.92. The van der Waals surface area contributed by atoms with Crippen molar-refractivity contribution >= 4 is 28.2 Å². The molecule has 2 aromatic rings. The summed E-state index contributed by atoms with van der Waals surface area (Å²) in [7, 11) is 0. The third kappa shape index (κ3) is 3.07. The molecule has 2 amide bonds. The van der Waals surface area contributed by atoms with Crippen molar-refractivity contribution in [1.82, 2.24) is 10.1 Å². The van der Waals surface area contributed by atoms with Crippen LogP contribution in [-0.2, 0) is 12.8 Å². The molecule has 0 saturated carbocycles. The number of anilines is 2. The van der Waals surface area contributed by atoms with E-state index in [0.29, 0.717) is 22.3 Å². The van der Waals surface area contributed by atoms with Gasteiger partial charge in [-0.3, -0.25) is 5.32 Å². The number of urea groups is 1. The molecule has 0 atom stereocenters. The smallest absolute Gasteiger partial charge is 0.325 e. The van der Waals surface area contributed by atoms with Crippen LogP contribution in [0.3, 0.4) is 0 Å². The van der Waals surface area contributed by atoms with Gasteiger partial charge in [0, 0.05) is 4.88 Å². The van der Waals surface area contributed by atoms with Gasteiger partial charge in [-0.1, -0.05) is 11.6 Å². The van der Waals surface area contributed by atoms with Gasteiger partial charge in [-0.25, -0.2) is 9.78 Å². The number of aryl methyl sites for hydroxylation is 4. The molecule has 7 heteroatoms. The van der Waals surface area contributed by atoms with Crippen molar-refractivity contribution in [2.75, 3.05) is 10.6 Å². The molecule has 112 valence electrons. The molecule has 2 aromatic heterocycles. The second-order valence-electron chi connectivity index (χ2n) is 5.23. The van der Waals surface area contributed by atoms with Crippen LogP contribution in [0.15, 0.2) is 4.52 Å². The summed E-state index contributed by atoms with van der Waals surface area (Å²) in [5.74, 6) is 0.595. The van der Waals surface area contributed by atoms with Gasteiger partial charge in [0.1, 0.15) is 11.4 Å². The lowest BCUT2D eigenvalue weighted by molar-refractivity contribution is 0.262. The van der Waals surface area contributed by atoms with Crippen LogP contribution >= 0.6 is 11.3 Å². The second-order valence-corrected chi connectivity index (χ2v) is 6.31. The second kappa shape index (κ2) is 5.85. The summed E-state index contributed by atoms with van der Waals surface area (Å²) in [6.45, 7) is 3.55. The van der Waals surface area contributed by atoms with Crippen LogP contribution in [0, 0.1) is 13.8 Å². The highest BCUT2D eigenvalue weighted by molar-refractivity contribution is 7.15. The molecule has 3 rings (SSSR count). The fourth-order valence-electron chi connectivity index (χ4n) is 2.49. The molecule has 2 N–H and O–H groups in total. The number of amides is 2. The molecule has 0 radical (unpaired) electrons. The minimum Gasteiger partial charge on any atom is -0.359 e. The number of rotatable bonds is 2. The minimum atomic E-state index is -0.312. The highest BCUT2D eigenvalue weighted by Crippen LogP contribution is 2.29. The van der Waals surface area contributed by atoms with E-state index < -0.39 is 0 Å². The van der Waals surface area contributed by atoms with Gasteiger partial charge in [0.15, 0.2) is 10.9 Å². The Morgan fingerprint density at radius 3 is 2.76 bits per heavy atom. The van der Waals surface area contributed by atoms with Crippen LogP contribution < -0.4 is 10.6 Å². The molecule has 0 saturated heterocycles. The highest BCUT2D eigenvalue weighted by Gasteiger charge is 2.17. The van der Waals surface area contributed by atoms with Crippen molar-refractivity contribution in [3.05, 3.63) is 22.0 Å². The number of fused-ring (bicyclic) bond motifs is 1. The summed E-state index contributed by atoms with van der Waals surface area (Å²) in [5.41, 5.74) is 2.42.